The third-order valence-electron chi connectivity index (χ3n) is 4.28. The molecular weight excluding hydrogens is 348 g/mol. The zero-order valence-corrected chi connectivity index (χ0v) is 15.1. The van der Waals surface area contributed by atoms with E-state index in [0.717, 1.165) is 41.2 Å². The molecule has 0 spiro atoms. The number of methoxy groups -OCH3 is 1. The van der Waals surface area contributed by atoms with Gasteiger partial charge in [-0.3, -0.25) is 4.68 Å². The number of ether oxygens (including phenoxy) is 1. The van der Waals surface area contributed by atoms with Gasteiger partial charge in [0.05, 0.1) is 19.2 Å². The van der Waals surface area contributed by atoms with E-state index in [0.29, 0.717) is 5.02 Å². The van der Waals surface area contributed by atoms with Gasteiger partial charge in [0.2, 0.25) is 0 Å². The highest BCUT2D eigenvalue weighted by molar-refractivity contribution is 6.30. The molecule has 0 aliphatic heterocycles. The SMILES string of the molecule is COc1ccc2c(c1)c(Nc1cccc(Cl)c1)nn2CCn1cccc1. The fraction of sp³-hybridized carbons (Fsp3) is 0.150. The van der Waals surface area contributed by atoms with Crippen LogP contribution < -0.4 is 10.1 Å². The molecular formula is C20H19ClN4O. The first kappa shape index (κ1) is 16.5. The number of rotatable bonds is 6. The van der Waals surface area contributed by atoms with Gasteiger partial charge in [-0.05, 0) is 48.5 Å². The molecule has 1 N–H and O–H groups in total. The van der Waals surface area contributed by atoms with Crippen molar-refractivity contribution < 1.29 is 4.74 Å². The number of hydrogen-bond donors (Lipinski definition) is 1. The lowest BCUT2D eigenvalue weighted by atomic mass is 10.2. The number of nitrogens with one attached hydrogen (secondary N) is 1. The van der Waals surface area contributed by atoms with Crippen molar-refractivity contribution in [2.24, 2.45) is 0 Å². The van der Waals surface area contributed by atoms with E-state index in [-0.39, 0.29) is 0 Å². The van der Waals surface area contributed by atoms with Crippen LogP contribution in [0, 0.1) is 0 Å². The van der Waals surface area contributed by atoms with Gasteiger partial charge < -0.3 is 14.6 Å². The van der Waals surface area contributed by atoms with E-state index in [9.17, 15) is 0 Å². The van der Waals surface area contributed by atoms with Crippen molar-refractivity contribution in [3.8, 4) is 5.75 Å². The number of aromatic nitrogens is 3. The lowest BCUT2D eigenvalue weighted by Gasteiger charge is -2.05. The van der Waals surface area contributed by atoms with Crippen molar-refractivity contribution in [2.45, 2.75) is 13.1 Å². The highest BCUT2D eigenvalue weighted by Gasteiger charge is 2.12. The lowest BCUT2D eigenvalue weighted by molar-refractivity contribution is 0.415. The average Bonchev–Trinajstić information content (AvgIpc) is 3.28. The molecule has 2 aromatic heterocycles. The number of nitrogens with zero attached hydrogens (tertiary/aromatic N) is 3. The van der Waals surface area contributed by atoms with Crippen molar-refractivity contribution in [3.05, 3.63) is 72.0 Å². The summed E-state index contributed by atoms with van der Waals surface area (Å²) in [6, 6.07) is 17.7. The molecule has 132 valence electrons. The molecule has 0 unspecified atom stereocenters. The van der Waals surface area contributed by atoms with Crippen molar-refractivity contribution in [1.29, 1.82) is 0 Å². The van der Waals surface area contributed by atoms with Crippen LogP contribution in [0.5, 0.6) is 5.75 Å². The first-order chi connectivity index (χ1) is 12.7. The molecule has 2 aromatic carbocycles. The third kappa shape index (κ3) is 3.39. The Bertz CT molecular complexity index is 1020. The third-order valence-corrected chi connectivity index (χ3v) is 4.52. The van der Waals surface area contributed by atoms with Gasteiger partial charge in [0.1, 0.15) is 5.75 Å². The zero-order valence-electron chi connectivity index (χ0n) is 14.4. The van der Waals surface area contributed by atoms with Crippen LogP contribution in [0.25, 0.3) is 10.9 Å². The van der Waals surface area contributed by atoms with Gasteiger partial charge in [0, 0.05) is 35.0 Å². The van der Waals surface area contributed by atoms with Gasteiger partial charge in [-0.1, -0.05) is 17.7 Å². The van der Waals surface area contributed by atoms with Gasteiger partial charge in [0.15, 0.2) is 5.82 Å². The predicted molar refractivity (Wildman–Crippen MR) is 105 cm³/mol. The summed E-state index contributed by atoms with van der Waals surface area (Å²) < 4.78 is 9.54. The molecule has 2 heterocycles. The molecule has 0 aliphatic carbocycles. The van der Waals surface area contributed by atoms with Crippen LogP contribution in [0.3, 0.4) is 0 Å². The highest BCUT2D eigenvalue weighted by atomic mass is 35.5. The summed E-state index contributed by atoms with van der Waals surface area (Å²) in [6.45, 7) is 1.63. The molecule has 0 saturated carbocycles. The second kappa shape index (κ2) is 7.14. The molecule has 0 saturated heterocycles. The normalized spacial score (nSPS) is 11.0. The minimum absolute atomic E-state index is 0.684. The summed E-state index contributed by atoms with van der Waals surface area (Å²) in [6.07, 6.45) is 4.11. The van der Waals surface area contributed by atoms with Gasteiger partial charge in [-0.25, -0.2) is 0 Å². The van der Waals surface area contributed by atoms with Gasteiger partial charge in [0.25, 0.3) is 0 Å². The fourth-order valence-electron chi connectivity index (χ4n) is 2.98. The summed E-state index contributed by atoms with van der Waals surface area (Å²) >= 11 is 6.10. The summed E-state index contributed by atoms with van der Waals surface area (Å²) in [5.41, 5.74) is 1.96. The van der Waals surface area contributed by atoms with Crippen molar-refractivity contribution in [2.75, 3.05) is 12.4 Å². The summed E-state index contributed by atoms with van der Waals surface area (Å²) in [5.74, 6) is 1.59. The predicted octanol–water partition coefficient (Wildman–Crippen LogP) is 4.94. The Labute approximate surface area is 156 Å². The molecule has 4 aromatic rings. The van der Waals surface area contributed by atoms with E-state index >= 15 is 0 Å². The zero-order chi connectivity index (χ0) is 17.9. The molecule has 0 amide bonds. The van der Waals surface area contributed by atoms with Crippen LogP contribution in [-0.2, 0) is 13.1 Å². The summed E-state index contributed by atoms with van der Waals surface area (Å²) in [5, 5.41) is 9.85. The lowest BCUT2D eigenvalue weighted by Crippen LogP contribution is -2.07. The van der Waals surface area contributed by atoms with Gasteiger partial charge in [-0.2, -0.15) is 5.10 Å². The fourth-order valence-corrected chi connectivity index (χ4v) is 3.17. The van der Waals surface area contributed by atoms with E-state index in [1.807, 2.05) is 59.3 Å². The summed E-state index contributed by atoms with van der Waals surface area (Å²) in [7, 11) is 1.67. The Hall–Kier alpha value is -2.92. The van der Waals surface area contributed by atoms with Crippen LogP contribution in [0.4, 0.5) is 11.5 Å². The van der Waals surface area contributed by atoms with E-state index < -0.39 is 0 Å². The van der Waals surface area contributed by atoms with Crippen LogP contribution >= 0.6 is 11.6 Å². The second-order valence-corrected chi connectivity index (χ2v) is 6.45. The van der Waals surface area contributed by atoms with E-state index in [4.69, 9.17) is 21.4 Å². The summed E-state index contributed by atoms with van der Waals surface area (Å²) in [4.78, 5) is 0. The number of anilines is 2. The highest BCUT2D eigenvalue weighted by Crippen LogP contribution is 2.30. The Morgan fingerprint density at radius 2 is 1.88 bits per heavy atom. The molecule has 6 heteroatoms. The first-order valence-corrected chi connectivity index (χ1v) is 8.78. The Morgan fingerprint density at radius 3 is 2.65 bits per heavy atom. The van der Waals surface area contributed by atoms with Crippen molar-refractivity contribution >= 4 is 34.0 Å². The topological polar surface area (TPSA) is 44.0 Å². The number of aryl methyl sites for hydroxylation is 2. The van der Waals surface area contributed by atoms with E-state index in [1.165, 1.54) is 0 Å². The molecule has 26 heavy (non-hydrogen) atoms. The first-order valence-electron chi connectivity index (χ1n) is 8.41. The van der Waals surface area contributed by atoms with Crippen LogP contribution in [0.1, 0.15) is 0 Å². The standard InChI is InChI=1S/C20H19ClN4O/c1-26-17-7-8-19-18(14-17)20(22-16-6-4-5-15(21)13-16)23-25(19)12-11-24-9-2-3-10-24/h2-10,13-14H,11-12H2,1H3,(H,22,23). The van der Waals surface area contributed by atoms with Gasteiger partial charge in [-0.15, -0.1) is 0 Å². The van der Waals surface area contributed by atoms with E-state index in [2.05, 4.69) is 22.3 Å². The Balaban J connectivity index is 1.70. The van der Waals surface area contributed by atoms with Gasteiger partial charge >= 0.3 is 0 Å². The molecule has 0 aliphatic rings. The number of fused-ring (bicyclic) bond motifs is 1. The van der Waals surface area contributed by atoms with Crippen molar-refractivity contribution in [3.63, 3.8) is 0 Å². The van der Waals surface area contributed by atoms with Crippen LogP contribution in [0.15, 0.2) is 67.0 Å². The number of halogens is 1. The van der Waals surface area contributed by atoms with Crippen LogP contribution in [-0.4, -0.2) is 21.5 Å². The molecule has 0 bridgehead atoms. The minimum Gasteiger partial charge on any atom is -0.497 e. The number of hydrogen-bond acceptors (Lipinski definition) is 3. The monoisotopic (exact) mass is 366 g/mol. The quantitative estimate of drug-likeness (QED) is 0.525. The number of benzene rings is 2. The Kier molecular flexibility index (Phi) is 4.54. The van der Waals surface area contributed by atoms with Crippen molar-refractivity contribution in [1.82, 2.24) is 14.3 Å². The minimum atomic E-state index is 0.684. The van der Waals surface area contributed by atoms with Crippen LogP contribution in [0.2, 0.25) is 5.02 Å². The largest absolute Gasteiger partial charge is 0.497 e. The molecule has 5 nitrogen and oxygen atoms in total. The molecule has 0 atom stereocenters. The average molecular weight is 367 g/mol. The maximum atomic E-state index is 6.10. The second-order valence-electron chi connectivity index (χ2n) is 6.01. The Morgan fingerprint density at radius 1 is 1.04 bits per heavy atom. The maximum Gasteiger partial charge on any atom is 0.160 e. The molecule has 0 radical (unpaired) electrons. The maximum absolute atomic E-state index is 6.10. The smallest absolute Gasteiger partial charge is 0.160 e. The molecule has 0 fully saturated rings. The molecule has 4 rings (SSSR count). The van der Waals surface area contributed by atoms with E-state index in [1.54, 1.807) is 7.11 Å².